The van der Waals surface area contributed by atoms with Gasteiger partial charge in [-0.3, -0.25) is 4.79 Å². The van der Waals surface area contributed by atoms with Gasteiger partial charge in [-0.15, -0.1) is 0 Å². The van der Waals surface area contributed by atoms with E-state index in [1.54, 1.807) is 6.33 Å². The van der Waals surface area contributed by atoms with Crippen LogP contribution in [0.15, 0.2) is 12.4 Å². The zero-order chi connectivity index (χ0) is 13.9. The van der Waals surface area contributed by atoms with Crippen molar-refractivity contribution in [2.45, 2.75) is 25.7 Å². The molecule has 2 aliphatic rings. The highest BCUT2D eigenvalue weighted by molar-refractivity contribution is 5.77. The monoisotopic (exact) mass is 275 g/mol. The Hall–Kier alpha value is -1.85. The lowest BCUT2D eigenvalue weighted by Gasteiger charge is -2.31. The fourth-order valence-electron chi connectivity index (χ4n) is 3.02. The van der Waals surface area contributed by atoms with Crippen molar-refractivity contribution in [3.05, 3.63) is 12.4 Å². The molecule has 0 spiro atoms. The van der Waals surface area contributed by atoms with E-state index in [-0.39, 0.29) is 11.8 Å². The van der Waals surface area contributed by atoms with Crippen LogP contribution in [-0.4, -0.2) is 42.1 Å². The van der Waals surface area contributed by atoms with Crippen LogP contribution in [0.25, 0.3) is 0 Å². The zero-order valence-electron chi connectivity index (χ0n) is 11.7. The van der Waals surface area contributed by atoms with Crippen LogP contribution in [-0.2, 0) is 4.79 Å². The van der Waals surface area contributed by atoms with Crippen molar-refractivity contribution in [3.63, 3.8) is 0 Å². The largest absolute Gasteiger partial charge is 0.369 e. The van der Waals surface area contributed by atoms with Gasteiger partial charge in [0.2, 0.25) is 5.91 Å². The van der Waals surface area contributed by atoms with Gasteiger partial charge in [0.25, 0.3) is 0 Å². The molecule has 1 amide bonds. The minimum atomic E-state index is -0.176. The molecule has 1 aromatic heterocycles. The number of hydrogen-bond donors (Lipinski definition) is 1. The number of anilines is 2. The normalized spacial score (nSPS) is 20.4. The van der Waals surface area contributed by atoms with Crippen molar-refractivity contribution < 1.29 is 4.79 Å². The van der Waals surface area contributed by atoms with Crippen molar-refractivity contribution in [1.29, 1.82) is 0 Å². The number of rotatable bonds is 3. The Morgan fingerprint density at radius 2 is 1.60 bits per heavy atom. The molecule has 20 heavy (non-hydrogen) atoms. The molecule has 0 radical (unpaired) electrons. The second-order valence-corrected chi connectivity index (χ2v) is 5.59. The minimum absolute atomic E-state index is 0.0196. The van der Waals surface area contributed by atoms with Crippen LogP contribution in [0.5, 0.6) is 0 Å². The van der Waals surface area contributed by atoms with Crippen LogP contribution in [0, 0.1) is 5.92 Å². The predicted molar refractivity (Wildman–Crippen MR) is 77.6 cm³/mol. The van der Waals surface area contributed by atoms with E-state index in [0.29, 0.717) is 0 Å². The maximum absolute atomic E-state index is 11.2. The van der Waals surface area contributed by atoms with Crippen molar-refractivity contribution in [2.24, 2.45) is 11.7 Å². The van der Waals surface area contributed by atoms with E-state index in [1.807, 2.05) is 0 Å². The number of primary amides is 1. The highest BCUT2D eigenvalue weighted by atomic mass is 16.1. The second-order valence-electron chi connectivity index (χ2n) is 5.59. The van der Waals surface area contributed by atoms with Gasteiger partial charge < -0.3 is 15.5 Å². The highest BCUT2D eigenvalue weighted by Crippen LogP contribution is 2.25. The Kier molecular flexibility index (Phi) is 3.71. The molecule has 3 rings (SSSR count). The summed E-state index contributed by atoms with van der Waals surface area (Å²) in [5.74, 6) is 1.82. The lowest BCUT2D eigenvalue weighted by atomic mass is 9.96. The topological polar surface area (TPSA) is 75.4 Å². The van der Waals surface area contributed by atoms with Crippen LogP contribution >= 0.6 is 0 Å². The zero-order valence-corrected chi connectivity index (χ0v) is 11.7. The Morgan fingerprint density at radius 1 is 1.05 bits per heavy atom. The number of nitrogens with two attached hydrogens (primary N) is 1. The average Bonchev–Trinajstić information content (AvgIpc) is 3.02. The molecule has 0 unspecified atom stereocenters. The maximum atomic E-state index is 11.2. The molecule has 0 saturated carbocycles. The summed E-state index contributed by atoms with van der Waals surface area (Å²) in [6.45, 7) is 3.84. The molecule has 0 aromatic carbocycles. The summed E-state index contributed by atoms with van der Waals surface area (Å²) < 4.78 is 0. The van der Waals surface area contributed by atoms with Gasteiger partial charge >= 0.3 is 0 Å². The molecule has 0 aliphatic carbocycles. The summed E-state index contributed by atoms with van der Waals surface area (Å²) in [5.41, 5.74) is 5.37. The average molecular weight is 275 g/mol. The van der Waals surface area contributed by atoms with Gasteiger partial charge in [0.15, 0.2) is 0 Å². The van der Waals surface area contributed by atoms with Crippen molar-refractivity contribution >= 4 is 17.5 Å². The van der Waals surface area contributed by atoms with Gasteiger partial charge in [-0.05, 0) is 25.7 Å². The third-order valence-electron chi connectivity index (χ3n) is 4.29. The Morgan fingerprint density at radius 3 is 2.15 bits per heavy atom. The molecule has 3 heterocycles. The molecule has 6 heteroatoms. The summed E-state index contributed by atoms with van der Waals surface area (Å²) in [4.78, 5) is 24.5. The SMILES string of the molecule is NC(=O)C1CCN(c2cc(N3CCCC3)ncn2)CC1. The Balaban J connectivity index is 1.68. The third-order valence-corrected chi connectivity index (χ3v) is 4.29. The smallest absolute Gasteiger partial charge is 0.220 e. The van der Waals surface area contributed by atoms with E-state index in [0.717, 1.165) is 50.7 Å². The first kappa shape index (κ1) is 13.1. The van der Waals surface area contributed by atoms with Crippen molar-refractivity contribution in [2.75, 3.05) is 36.0 Å². The summed E-state index contributed by atoms with van der Waals surface area (Å²) in [6, 6.07) is 2.07. The summed E-state index contributed by atoms with van der Waals surface area (Å²) in [6.07, 6.45) is 5.76. The first-order valence-corrected chi connectivity index (χ1v) is 7.35. The summed E-state index contributed by atoms with van der Waals surface area (Å²) in [5, 5.41) is 0. The molecular formula is C14H21N5O. The quantitative estimate of drug-likeness (QED) is 0.882. The van der Waals surface area contributed by atoms with Gasteiger partial charge in [0.05, 0.1) is 0 Å². The standard InChI is InChI=1S/C14H21N5O/c15-14(20)11-3-7-19(8-4-11)13-9-12(16-10-17-13)18-5-1-2-6-18/h9-11H,1-8H2,(H2,15,20). The number of nitrogens with zero attached hydrogens (tertiary/aromatic N) is 4. The van der Waals surface area contributed by atoms with Crippen molar-refractivity contribution in [3.8, 4) is 0 Å². The molecule has 2 fully saturated rings. The molecule has 0 atom stereocenters. The first-order valence-electron chi connectivity index (χ1n) is 7.35. The number of hydrogen-bond acceptors (Lipinski definition) is 5. The Labute approximate surface area is 119 Å². The van der Waals surface area contributed by atoms with Crippen LogP contribution in [0.4, 0.5) is 11.6 Å². The minimum Gasteiger partial charge on any atom is -0.369 e. The van der Waals surface area contributed by atoms with Crippen molar-refractivity contribution in [1.82, 2.24) is 9.97 Å². The van der Waals surface area contributed by atoms with Gasteiger partial charge in [-0.1, -0.05) is 0 Å². The number of aromatic nitrogens is 2. The molecule has 2 N–H and O–H groups in total. The number of amides is 1. The molecule has 2 saturated heterocycles. The van der Waals surface area contributed by atoms with E-state index < -0.39 is 0 Å². The van der Waals surface area contributed by atoms with Crippen LogP contribution < -0.4 is 15.5 Å². The molecule has 6 nitrogen and oxygen atoms in total. The van der Waals surface area contributed by atoms with Crippen LogP contribution in [0.2, 0.25) is 0 Å². The third kappa shape index (κ3) is 2.69. The molecule has 1 aromatic rings. The molecule has 0 bridgehead atoms. The second kappa shape index (κ2) is 5.64. The van der Waals surface area contributed by atoms with Gasteiger partial charge in [0.1, 0.15) is 18.0 Å². The van der Waals surface area contributed by atoms with Gasteiger partial charge in [-0.25, -0.2) is 9.97 Å². The first-order chi connectivity index (χ1) is 9.74. The van der Waals surface area contributed by atoms with E-state index in [1.165, 1.54) is 12.8 Å². The summed E-state index contributed by atoms with van der Waals surface area (Å²) in [7, 11) is 0. The lowest BCUT2D eigenvalue weighted by Crippen LogP contribution is -2.39. The molecular weight excluding hydrogens is 254 g/mol. The molecule has 108 valence electrons. The fraction of sp³-hybridized carbons (Fsp3) is 0.643. The highest BCUT2D eigenvalue weighted by Gasteiger charge is 2.24. The molecule has 2 aliphatic heterocycles. The summed E-state index contributed by atoms with van der Waals surface area (Å²) >= 11 is 0. The van der Waals surface area contributed by atoms with E-state index in [2.05, 4.69) is 25.8 Å². The van der Waals surface area contributed by atoms with E-state index >= 15 is 0 Å². The number of carbonyl (C=O) groups is 1. The lowest BCUT2D eigenvalue weighted by molar-refractivity contribution is -0.122. The van der Waals surface area contributed by atoms with E-state index in [9.17, 15) is 4.79 Å². The van der Waals surface area contributed by atoms with Gasteiger partial charge in [0, 0.05) is 38.2 Å². The van der Waals surface area contributed by atoms with Crippen LogP contribution in [0.1, 0.15) is 25.7 Å². The number of carbonyl (C=O) groups excluding carboxylic acids is 1. The van der Waals surface area contributed by atoms with Gasteiger partial charge in [-0.2, -0.15) is 0 Å². The number of piperidine rings is 1. The maximum Gasteiger partial charge on any atom is 0.220 e. The fourth-order valence-corrected chi connectivity index (χ4v) is 3.02. The predicted octanol–water partition coefficient (Wildman–Crippen LogP) is 0.778. The Bertz CT molecular complexity index is 478. The van der Waals surface area contributed by atoms with E-state index in [4.69, 9.17) is 5.73 Å². The van der Waals surface area contributed by atoms with Crippen LogP contribution in [0.3, 0.4) is 0 Å².